The van der Waals surface area contributed by atoms with Crippen LogP contribution < -0.4 is 5.73 Å². The van der Waals surface area contributed by atoms with Crippen LogP contribution in [-0.4, -0.2) is 4.98 Å². The number of aryl methyl sites for hydroxylation is 1. The molecule has 0 saturated carbocycles. The maximum atomic E-state index is 13.4. The molecule has 0 saturated heterocycles. The molecule has 1 heterocycles. The third-order valence-electron chi connectivity index (χ3n) is 3.21. The Morgan fingerprint density at radius 3 is 2.55 bits per heavy atom. The number of rotatable bonds is 3. The van der Waals surface area contributed by atoms with Crippen molar-refractivity contribution in [3.63, 3.8) is 0 Å². The zero-order valence-corrected chi connectivity index (χ0v) is 13.2. The van der Waals surface area contributed by atoms with Gasteiger partial charge in [0, 0.05) is 23.3 Å². The van der Waals surface area contributed by atoms with E-state index in [0.29, 0.717) is 6.42 Å². The largest absolute Gasteiger partial charge is 0.324 e. The van der Waals surface area contributed by atoms with Crippen LogP contribution in [0.4, 0.5) is 4.39 Å². The van der Waals surface area contributed by atoms with Gasteiger partial charge in [0.1, 0.15) is 5.82 Å². The molecule has 2 rings (SSSR count). The van der Waals surface area contributed by atoms with Gasteiger partial charge in [0.2, 0.25) is 0 Å². The smallest absolute Gasteiger partial charge is 0.123 e. The van der Waals surface area contributed by atoms with E-state index in [9.17, 15) is 4.39 Å². The summed E-state index contributed by atoms with van der Waals surface area (Å²) >= 11 is 1.62. The van der Waals surface area contributed by atoms with Crippen molar-refractivity contribution in [2.75, 3.05) is 0 Å². The van der Waals surface area contributed by atoms with Crippen molar-refractivity contribution in [1.82, 2.24) is 4.98 Å². The monoisotopic (exact) mass is 292 g/mol. The van der Waals surface area contributed by atoms with Crippen molar-refractivity contribution in [2.45, 2.75) is 45.6 Å². The van der Waals surface area contributed by atoms with Crippen LogP contribution in [0.5, 0.6) is 0 Å². The normalized spacial score (nSPS) is 13.5. The average Bonchev–Trinajstić information content (AvgIpc) is 2.75. The second kappa shape index (κ2) is 5.62. The van der Waals surface area contributed by atoms with Crippen LogP contribution in [0.1, 0.15) is 48.6 Å². The van der Waals surface area contributed by atoms with Crippen molar-refractivity contribution >= 4 is 11.3 Å². The first-order valence-electron chi connectivity index (χ1n) is 6.73. The first kappa shape index (κ1) is 15.1. The minimum atomic E-state index is -0.232. The summed E-state index contributed by atoms with van der Waals surface area (Å²) in [5, 5.41) is 3.09. The molecule has 4 heteroatoms. The maximum Gasteiger partial charge on any atom is 0.123 e. The van der Waals surface area contributed by atoms with E-state index in [-0.39, 0.29) is 17.3 Å². The first-order valence-corrected chi connectivity index (χ1v) is 7.61. The Morgan fingerprint density at radius 1 is 1.30 bits per heavy atom. The van der Waals surface area contributed by atoms with Gasteiger partial charge in [-0.15, -0.1) is 11.3 Å². The second-order valence-electron chi connectivity index (χ2n) is 6.25. The highest BCUT2D eigenvalue weighted by molar-refractivity contribution is 7.09. The highest BCUT2D eigenvalue weighted by Gasteiger charge is 2.18. The second-order valence-corrected chi connectivity index (χ2v) is 7.19. The summed E-state index contributed by atoms with van der Waals surface area (Å²) in [7, 11) is 0. The van der Waals surface area contributed by atoms with Gasteiger partial charge in [-0.1, -0.05) is 26.8 Å². The van der Waals surface area contributed by atoms with E-state index >= 15 is 0 Å². The Kier molecular flexibility index (Phi) is 4.25. The third-order valence-corrected chi connectivity index (χ3v) is 4.08. The van der Waals surface area contributed by atoms with E-state index in [2.05, 4.69) is 31.1 Å². The number of nitrogens with two attached hydrogens (primary N) is 1. The van der Waals surface area contributed by atoms with E-state index in [1.165, 1.54) is 12.1 Å². The van der Waals surface area contributed by atoms with E-state index in [4.69, 9.17) is 5.73 Å². The Labute approximate surface area is 123 Å². The first-order chi connectivity index (χ1) is 9.25. The summed E-state index contributed by atoms with van der Waals surface area (Å²) in [4.78, 5) is 4.64. The lowest BCUT2D eigenvalue weighted by molar-refractivity contribution is 0.568. The molecule has 0 aliphatic heterocycles. The summed E-state index contributed by atoms with van der Waals surface area (Å²) < 4.78 is 13.4. The van der Waals surface area contributed by atoms with Crippen LogP contribution in [0, 0.1) is 12.7 Å². The number of thiazole rings is 1. The Bertz CT molecular complexity index is 579. The molecule has 1 unspecified atom stereocenters. The summed E-state index contributed by atoms with van der Waals surface area (Å²) in [6.07, 6.45) is 0.643. The number of hydrogen-bond donors (Lipinski definition) is 1. The molecule has 2 N–H and O–H groups in total. The van der Waals surface area contributed by atoms with Crippen molar-refractivity contribution in [1.29, 1.82) is 0 Å². The molecule has 0 spiro atoms. The Hall–Kier alpha value is -1.26. The zero-order valence-electron chi connectivity index (χ0n) is 12.4. The minimum Gasteiger partial charge on any atom is -0.324 e. The number of benzene rings is 1. The molecule has 0 amide bonds. The number of hydrogen-bond acceptors (Lipinski definition) is 3. The standard InChI is InChI=1S/C16H21FN2S/c1-10-5-11(7-12(17)6-10)13(18)8-15-19-14(9-20-15)16(2,3)4/h5-7,9,13H,8,18H2,1-4H3. The molecule has 0 bridgehead atoms. The summed E-state index contributed by atoms with van der Waals surface area (Å²) in [6.45, 7) is 8.30. The van der Waals surface area contributed by atoms with Crippen molar-refractivity contribution in [3.8, 4) is 0 Å². The van der Waals surface area contributed by atoms with Gasteiger partial charge in [-0.3, -0.25) is 0 Å². The van der Waals surface area contributed by atoms with Crippen LogP contribution in [0.25, 0.3) is 0 Å². The molecule has 108 valence electrons. The number of nitrogens with zero attached hydrogens (tertiary/aromatic N) is 1. The molecular formula is C16H21FN2S. The predicted octanol–water partition coefficient (Wildman–Crippen LogP) is 4.13. The van der Waals surface area contributed by atoms with Gasteiger partial charge >= 0.3 is 0 Å². The highest BCUT2D eigenvalue weighted by atomic mass is 32.1. The van der Waals surface area contributed by atoms with Gasteiger partial charge in [-0.25, -0.2) is 9.37 Å². The van der Waals surface area contributed by atoms with Crippen LogP contribution in [0.15, 0.2) is 23.6 Å². The molecule has 0 fully saturated rings. The molecular weight excluding hydrogens is 271 g/mol. The SMILES string of the molecule is Cc1cc(F)cc(C(N)Cc2nc(C(C)(C)C)cs2)c1. The molecule has 1 aromatic heterocycles. The van der Waals surface area contributed by atoms with Crippen LogP contribution >= 0.6 is 11.3 Å². The average molecular weight is 292 g/mol. The van der Waals surface area contributed by atoms with Gasteiger partial charge in [-0.2, -0.15) is 0 Å². The fourth-order valence-corrected chi connectivity index (χ4v) is 3.11. The van der Waals surface area contributed by atoms with E-state index in [1.54, 1.807) is 11.3 Å². The molecule has 1 aromatic carbocycles. The van der Waals surface area contributed by atoms with Gasteiger partial charge < -0.3 is 5.73 Å². The maximum absolute atomic E-state index is 13.4. The lowest BCUT2D eigenvalue weighted by Gasteiger charge is -2.15. The molecule has 2 nitrogen and oxygen atoms in total. The van der Waals surface area contributed by atoms with Crippen LogP contribution in [0.2, 0.25) is 0 Å². The molecule has 2 aromatic rings. The number of aromatic nitrogens is 1. The lowest BCUT2D eigenvalue weighted by atomic mass is 9.93. The quantitative estimate of drug-likeness (QED) is 0.923. The Balaban J connectivity index is 2.15. The zero-order chi connectivity index (χ0) is 14.9. The van der Waals surface area contributed by atoms with Crippen molar-refractivity contribution < 1.29 is 4.39 Å². The molecule has 0 aliphatic carbocycles. The van der Waals surface area contributed by atoms with Gasteiger partial charge in [0.05, 0.1) is 10.7 Å². The van der Waals surface area contributed by atoms with E-state index in [1.807, 2.05) is 13.0 Å². The summed E-state index contributed by atoms with van der Waals surface area (Å²) in [5.74, 6) is -0.232. The fraction of sp³-hybridized carbons (Fsp3) is 0.438. The highest BCUT2D eigenvalue weighted by Crippen LogP contribution is 2.26. The van der Waals surface area contributed by atoms with Crippen molar-refractivity contribution in [3.05, 3.63) is 51.2 Å². The molecule has 0 aliphatic rings. The lowest BCUT2D eigenvalue weighted by Crippen LogP contribution is -2.15. The fourth-order valence-electron chi connectivity index (χ4n) is 2.03. The van der Waals surface area contributed by atoms with E-state index in [0.717, 1.165) is 21.8 Å². The van der Waals surface area contributed by atoms with Crippen LogP contribution in [0.3, 0.4) is 0 Å². The third kappa shape index (κ3) is 3.64. The Morgan fingerprint density at radius 2 is 2.00 bits per heavy atom. The van der Waals surface area contributed by atoms with Crippen LogP contribution in [-0.2, 0) is 11.8 Å². The predicted molar refractivity (Wildman–Crippen MR) is 82.6 cm³/mol. The van der Waals surface area contributed by atoms with Gasteiger partial charge in [0.25, 0.3) is 0 Å². The number of halogens is 1. The summed E-state index contributed by atoms with van der Waals surface area (Å²) in [5.41, 5.74) is 9.04. The topological polar surface area (TPSA) is 38.9 Å². The van der Waals surface area contributed by atoms with E-state index < -0.39 is 0 Å². The molecule has 0 radical (unpaired) electrons. The van der Waals surface area contributed by atoms with Gasteiger partial charge in [-0.05, 0) is 30.2 Å². The minimum absolute atomic E-state index is 0.0499. The van der Waals surface area contributed by atoms with Gasteiger partial charge in [0.15, 0.2) is 0 Å². The van der Waals surface area contributed by atoms with Crippen molar-refractivity contribution in [2.24, 2.45) is 5.73 Å². The molecule has 1 atom stereocenters. The summed E-state index contributed by atoms with van der Waals surface area (Å²) in [6, 6.07) is 4.74. The molecule has 20 heavy (non-hydrogen) atoms.